The molecular formula is C22H19NO4. The highest BCUT2D eigenvalue weighted by Crippen LogP contribution is 2.35. The second kappa shape index (κ2) is 7.83. The van der Waals surface area contributed by atoms with Crippen molar-refractivity contribution in [3.05, 3.63) is 84.4 Å². The van der Waals surface area contributed by atoms with Crippen molar-refractivity contribution in [1.29, 1.82) is 0 Å². The first-order chi connectivity index (χ1) is 13.3. The lowest BCUT2D eigenvalue weighted by molar-refractivity contribution is -0.120. The molecular weight excluding hydrogens is 342 g/mol. The number of rotatable bonds is 6. The Kier molecular flexibility index (Phi) is 4.92. The SMILES string of the molecule is O=C(COc1ccc2c(c1)OCO2)N(Cc1ccccc1)c1ccccc1. The largest absolute Gasteiger partial charge is 0.484 e. The average Bonchev–Trinajstić information content (AvgIpc) is 3.19. The van der Waals surface area contributed by atoms with Gasteiger partial charge in [-0.25, -0.2) is 0 Å². The zero-order valence-corrected chi connectivity index (χ0v) is 14.7. The molecule has 1 aliphatic rings. The van der Waals surface area contributed by atoms with Crippen LogP contribution in [0.1, 0.15) is 5.56 Å². The minimum atomic E-state index is -0.122. The minimum absolute atomic E-state index is 0.0681. The molecule has 0 spiro atoms. The van der Waals surface area contributed by atoms with Crippen LogP contribution in [0.15, 0.2) is 78.9 Å². The monoisotopic (exact) mass is 361 g/mol. The zero-order valence-electron chi connectivity index (χ0n) is 14.7. The van der Waals surface area contributed by atoms with Crippen LogP contribution >= 0.6 is 0 Å². The van der Waals surface area contributed by atoms with Gasteiger partial charge >= 0.3 is 0 Å². The van der Waals surface area contributed by atoms with Crippen molar-refractivity contribution in [2.45, 2.75) is 6.54 Å². The number of amides is 1. The van der Waals surface area contributed by atoms with E-state index in [9.17, 15) is 4.79 Å². The number of anilines is 1. The molecule has 1 heterocycles. The van der Waals surface area contributed by atoms with E-state index in [2.05, 4.69) is 0 Å². The summed E-state index contributed by atoms with van der Waals surface area (Å²) in [6.07, 6.45) is 0. The summed E-state index contributed by atoms with van der Waals surface area (Å²) in [5.41, 5.74) is 1.89. The molecule has 0 aliphatic carbocycles. The number of carbonyl (C=O) groups is 1. The van der Waals surface area contributed by atoms with Crippen LogP contribution in [0.2, 0.25) is 0 Å². The van der Waals surface area contributed by atoms with E-state index in [1.807, 2.05) is 60.7 Å². The Morgan fingerprint density at radius 1 is 0.889 bits per heavy atom. The van der Waals surface area contributed by atoms with Gasteiger partial charge in [0.1, 0.15) is 5.75 Å². The number of carbonyl (C=O) groups excluding carboxylic acids is 1. The number of benzene rings is 3. The third kappa shape index (κ3) is 4.03. The third-order valence-electron chi connectivity index (χ3n) is 4.26. The van der Waals surface area contributed by atoms with Crippen LogP contribution in [-0.2, 0) is 11.3 Å². The quantitative estimate of drug-likeness (QED) is 0.665. The molecule has 27 heavy (non-hydrogen) atoms. The first kappa shape index (κ1) is 17.0. The maximum atomic E-state index is 12.9. The molecule has 136 valence electrons. The van der Waals surface area contributed by atoms with Gasteiger partial charge in [0.15, 0.2) is 18.1 Å². The van der Waals surface area contributed by atoms with Gasteiger partial charge in [-0.2, -0.15) is 0 Å². The van der Waals surface area contributed by atoms with Crippen molar-refractivity contribution >= 4 is 11.6 Å². The van der Waals surface area contributed by atoms with Gasteiger partial charge in [0.25, 0.3) is 5.91 Å². The van der Waals surface area contributed by atoms with Gasteiger partial charge < -0.3 is 19.1 Å². The highest BCUT2D eigenvalue weighted by Gasteiger charge is 2.18. The fraction of sp³-hybridized carbons (Fsp3) is 0.136. The summed E-state index contributed by atoms with van der Waals surface area (Å²) in [5.74, 6) is 1.76. The first-order valence-corrected chi connectivity index (χ1v) is 8.71. The molecule has 0 saturated carbocycles. The molecule has 0 fully saturated rings. The van der Waals surface area contributed by atoms with Crippen LogP contribution in [0.25, 0.3) is 0 Å². The van der Waals surface area contributed by atoms with E-state index in [-0.39, 0.29) is 19.3 Å². The Hall–Kier alpha value is -3.47. The molecule has 1 aliphatic heterocycles. The van der Waals surface area contributed by atoms with Gasteiger partial charge in [0.2, 0.25) is 6.79 Å². The molecule has 1 amide bonds. The predicted octanol–water partition coefficient (Wildman–Crippen LogP) is 4.03. The van der Waals surface area contributed by atoms with Crippen molar-refractivity contribution in [3.8, 4) is 17.2 Å². The molecule has 0 unspecified atom stereocenters. The lowest BCUT2D eigenvalue weighted by atomic mass is 10.2. The van der Waals surface area contributed by atoms with E-state index >= 15 is 0 Å². The van der Waals surface area contributed by atoms with Crippen LogP contribution in [0.5, 0.6) is 17.2 Å². The Morgan fingerprint density at radius 2 is 1.59 bits per heavy atom. The third-order valence-corrected chi connectivity index (χ3v) is 4.26. The van der Waals surface area contributed by atoms with Crippen LogP contribution < -0.4 is 19.1 Å². The number of fused-ring (bicyclic) bond motifs is 1. The van der Waals surface area contributed by atoms with Crippen LogP contribution in [-0.4, -0.2) is 19.3 Å². The van der Waals surface area contributed by atoms with E-state index in [0.717, 1.165) is 11.3 Å². The summed E-state index contributed by atoms with van der Waals surface area (Å²) in [6.45, 7) is 0.617. The predicted molar refractivity (Wildman–Crippen MR) is 102 cm³/mol. The molecule has 3 aromatic carbocycles. The Morgan fingerprint density at radius 3 is 2.37 bits per heavy atom. The summed E-state index contributed by atoms with van der Waals surface area (Å²) in [5, 5.41) is 0. The molecule has 5 nitrogen and oxygen atoms in total. The fourth-order valence-electron chi connectivity index (χ4n) is 2.89. The van der Waals surface area contributed by atoms with Crippen molar-refractivity contribution in [2.75, 3.05) is 18.3 Å². The maximum Gasteiger partial charge on any atom is 0.265 e. The van der Waals surface area contributed by atoms with Gasteiger partial charge in [-0.15, -0.1) is 0 Å². The van der Waals surface area contributed by atoms with E-state index in [0.29, 0.717) is 23.8 Å². The smallest absolute Gasteiger partial charge is 0.265 e. The normalized spacial score (nSPS) is 11.9. The van der Waals surface area contributed by atoms with E-state index in [1.54, 1.807) is 23.1 Å². The van der Waals surface area contributed by atoms with Crippen molar-refractivity contribution in [2.24, 2.45) is 0 Å². The summed E-state index contributed by atoms with van der Waals surface area (Å²) >= 11 is 0. The molecule has 0 atom stereocenters. The lowest BCUT2D eigenvalue weighted by Gasteiger charge is -2.23. The van der Waals surface area contributed by atoms with Crippen LogP contribution in [0.4, 0.5) is 5.69 Å². The second-order valence-corrected chi connectivity index (χ2v) is 6.10. The van der Waals surface area contributed by atoms with Gasteiger partial charge in [0.05, 0.1) is 6.54 Å². The van der Waals surface area contributed by atoms with E-state index in [4.69, 9.17) is 14.2 Å². The molecule has 3 aromatic rings. The van der Waals surface area contributed by atoms with Gasteiger partial charge in [-0.3, -0.25) is 4.79 Å². The molecule has 0 aromatic heterocycles. The van der Waals surface area contributed by atoms with E-state index < -0.39 is 0 Å². The Bertz CT molecular complexity index is 912. The van der Waals surface area contributed by atoms with Crippen LogP contribution in [0.3, 0.4) is 0 Å². The van der Waals surface area contributed by atoms with Crippen molar-refractivity contribution in [3.63, 3.8) is 0 Å². The Labute approximate surface area is 157 Å². The topological polar surface area (TPSA) is 48.0 Å². The van der Waals surface area contributed by atoms with Crippen molar-refractivity contribution in [1.82, 2.24) is 0 Å². The molecule has 0 saturated heterocycles. The van der Waals surface area contributed by atoms with Gasteiger partial charge in [0, 0.05) is 11.8 Å². The molecule has 5 heteroatoms. The average molecular weight is 361 g/mol. The highest BCUT2D eigenvalue weighted by molar-refractivity contribution is 5.94. The van der Waals surface area contributed by atoms with Crippen molar-refractivity contribution < 1.29 is 19.0 Å². The molecule has 0 bridgehead atoms. The summed E-state index contributed by atoms with van der Waals surface area (Å²) in [7, 11) is 0. The van der Waals surface area contributed by atoms with Crippen LogP contribution in [0, 0.1) is 0 Å². The Balaban J connectivity index is 1.48. The maximum absolute atomic E-state index is 12.9. The fourth-order valence-corrected chi connectivity index (χ4v) is 2.89. The van der Waals surface area contributed by atoms with E-state index in [1.165, 1.54) is 0 Å². The number of hydrogen-bond donors (Lipinski definition) is 0. The molecule has 4 rings (SSSR count). The highest BCUT2D eigenvalue weighted by atomic mass is 16.7. The number of para-hydroxylation sites is 1. The second-order valence-electron chi connectivity index (χ2n) is 6.10. The number of hydrogen-bond acceptors (Lipinski definition) is 4. The zero-order chi connectivity index (χ0) is 18.5. The lowest BCUT2D eigenvalue weighted by Crippen LogP contribution is -2.34. The molecule has 0 radical (unpaired) electrons. The summed E-state index contributed by atoms with van der Waals surface area (Å²) in [6, 6.07) is 24.8. The molecule has 0 N–H and O–H groups in total. The summed E-state index contributed by atoms with van der Waals surface area (Å²) in [4.78, 5) is 14.6. The van der Waals surface area contributed by atoms with Gasteiger partial charge in [-0.05, 0) is 29.8 Å². The standard InChI is InChI=1S/C22H19NO4/c24-22(15-25-19-11-12-20-21(13-19)27-16-26-20)23(18-9-5-2-6-10-18)14-17-7-3-1-4-8-17/h1-13H,14-16H2. The minimum Gasteiger partial charge on any atom is -0.484 e. The first-order valence-electron chi connectivity index (χ1n) is 8.71. The number of ether oxygens (including phenoxy) is 3. The van der Waals surface area contributed by atoms with Gasteiger partial charge in [-0.1, -0.05) is 48.5 Å². The number of nitrogens with zero attached hydrogens (tertiary/aromatic N) is 1. The summed E-state index contributed by atoms with van der Waals surface area (Å²) < 4.78 is 16.3.